The molecule has 1 aromatic carbocycles. The summed E-state index contributed by atoms with van der Waals surface area (Å²) < 4.78 is 7.10. The maximum atomic E-state index is 13.2. The number of nitrogens with zero attached hydrogens (tertiary/aromatic N) is 3. The van der Waals surface area contributed by atoms with Crippen LogP contribution in [0, 0.1) is 6.92 Å². The van der Waals surface area contributed by atoms with Gasteiger partial charge in [-0.05, 0) is 57.7 Å². The summed E-state index contributed by atoms with van der Waals surface area (Å²) in [5.41, 5.74) is 1.92. The number of amides is 1. The highest BCUT2D eigenvalue weighted by molar-refractivity contribution is 7.22. The minimum absolute atomic E-state index is 0.0682. The molecule has 5 nitrogen and oxygen atoms in total. The van der Waals surface area contributed by atoms with Crippen LogP contribution in [0.1, 0.15) is 21.7 Å². The minimum Gasteiger partial charge on any atom is -0.494 e. The molecule has 0 aliphatic rings. The summed E-state index contributed by atoms with van der Waals surface area (Å²) in [6.07, 6.45) is 0.851. The molecule has 0 bridgehead atoms. The Morgan fingerprint density at radius 2 is 1.96 bits per heavy atom. The van der Waals surface area contributed by atoms with E-state index in [1.165, 1.54) is 22.7 Å². The maximum absolute atomic E-state index is 13.2. The number of halogens is 1. The second-order valence-corrected chi connectivity index (χ2v) is 9.17. The van der Waals surface area contributed by atoms with Crippen LogP contribution < -0.4 is 9.64 Å². The van der Waals surface area contributed by atoms with E-state index in [0.717, 1.165) is 34.5 Å². The van der Waals surface area contributed by atoms with Gasteiger partial charge in [0.05, 0.1) is 21.0 Å². The lowest BCUT2D eigenvalue weighted by Gasteiger charge is -2.20. The van der Waals surface area contributed by atoms with Gasteiger partial charge in [-0.25, -0.2) is 4.98 Å². The van der Waals surface area contributed by atoms with E-state index in [4.69, 9.17) is 21.3 Å². The first-order valence-electron chi connectivity index (χ1n) is 8.56. The van der Waals surface area contributed by atoms with Crippen molar-refractivity contribution < 1.29 is 9.53 Å². The van der Waals surface area contributed by atoms with Crippen molar-refractivity contribution in [1.29, 1.82) is 0 Å². The number of hydrogen-bond acceptors (Lipinski definition) is 6. The number of anilines is 1. The number of aromatic nitrogens is 1. The molecule has 144 valence electrons. The molecule has 0 aliphatic carbocycles. The van der Waals surface area contributed by atoms with Crippen LogP contribution >= 0.6 is 34.3 Å². The lowest BCUT2D eigenvalue weighted by molar-refractivity contribution is 0.0990. The molecule has 0 spiro atoms. The summed E-state index contributed by atoms with van der Waals surface area (Å²) in [4.78, 5) is 22.4. The summed E-state index contributed by atoms with van der Waals surface area (Å²) in [6.45, 7) is 3.52. The lowest BCUT2D eigenvalue weighted by Crippen LogP contribution is -2.32. The number of thiazole rings is 1. The Hall–Kier alpha value is -1.67. The highest BCUT2D eigenvalue weighted by Gasteiger charge is 2.23. The van der Waals surface area contributed by atoms with Gasteiger partial charge in [-0.3, -0.25) is 9.69 Å². The van der Waals surface area contributed by atoms with Crippen LogP contribution in [0.3, 0.4) is 0 Å². The fourth-order valence-corrected chi connectivity index (χ4v) is 4.84. The fourth-order valence-electron chi connectivity index (χ4n) is 2.77. The van der Waals surface area contributed by atoms with Crippen LogP contribution in [-0.2, 0) is 0 Å². The van der Waals surface area contributed by atoms with E-state index in [1.807, 2.05) is 33.2 Å². The van der Waals surface area contributed by atoms with Crippen molar-refractivity contribution in [3.05, 3.63) is 39.0 Å². The molecular weight excluding hydrogens is 402 g/mol. The van der Waals surface area contributed by atoms with Gasteiger partial charge in [0.1, 0.15) is 11.3 Å². The van der Waals surface area contributed by atoms with Crippen molar-refractivity contribution in [2.75, 3.05) is 39.2 Å². The molecule has 8 heteroatoms. The average Bonchev–Trinajstić information content (AvgIpc) is 3.25. The van der Waals surface area contributed by atoms with E-state index in [9.17, 15) is 4.79 Å². The second-order valence-electron chi connectivity index (χ2n) is 6.48. The van der Waals surface area contributed by atoms with Crippen LogP contribution in [0.15, 0.2) is 24.3 Å². The quantitative estimate of drug-likeness (QED) is 0.540. The van der Waals surface area contributed by atoms with Crippen molar-refractivity contribution in [1.82, 2.24) is 9.88 Å². The number of thiophene rings is 1. The highest BCUT2D eigenvalue weighted by Crippen LogP contribution is 2.37. The Morgan fingerprint density at radius 1 is 1.19 bits per heavy atom. The lowest BCUT2D eigenvalue weighted by atomic mass is 10.2. The van der Waals surface area contributed by atoms with Crippen LogP contribution in [0.25, 0.3) is 10.2 Å². The fraction of sp³-hybridized carbons (Fsp3) is 0.368. The van der Waals surface area contributed by atoms with Gasteiger partial charge in [0, 0.05) is 6.54 Å². The summed E-state index contributed by atoms with van der Waals surface area (Å²) in [5, 5.41) is 0.686. The van der Waals surface area contributed by atoms with Crippen LogP contribution in [-0.4, -0.2) is 50.1 Å². The molecule has 0 atom stereocenters. The van der Waals surface area contributed by atoms with Crippen molar-refractivity contribution in [3.8, 4) is 5.75 Å². The van der Waals surface area contributed by atoms with Crippen LogP contribution in [0.4, 0.5) is 5.13 Å². The molecule has 3 rings (SSSR count). The molecule has 0 aliphatic heterocycles. The smallest absolute Gasteiger partial charge is 0.270 e. The largest absolute Gasteiger partial charge is 0.494 e. The number of ether oxygens (including phenoxy) is 1. The Morgan fingerprint density at radius 3 is 2.59 bits per heavy atom. The van der Waals surface area contributed by atoms with E-state index in [2.05, 4.69) is 4.90 Å². The molecule has 2 aromatic heterocycles. The van der Waals surface area contributed by atoms with Crippen molar-refractivity contribution in [3.63, 3.8) is 0 Å². The van der Waals surface area contributed by atoms with Gasteiger partial charge in [0.2, 0.25) is 0 Å². The number of carbonyl (C=O) groups is 1. The van der Waals surface area contributed by atoms with E-state index in [1.54, 1.807) is 24.1 Å². The standard InChI is InChI=1S/C19H22ClN3O2S2/c1-12-6-7-13(25-4)16-17(12)27-19(21-16)23(11-5-10-22(2)3)18(24)14-8-9-15(20)26-14/h6-9H,5,10-11H2,1-4H3. The molecule has 3 aromatic rings. The zero-order valence-corrected chi connectivity index (χ0v) is 18.2. The molecular formula is C19H22ClN3O2S2. The Kier molecular flexibility index (Phi) is 6.37. The number of carbonyl (C=O) groups excluding carboxylic acids is 1. The average molecular weight is 424 g/mol. The van der Waals surface area contributed by atoms with Gasteiger partial charge in [-0.1, -0.05) is 29.0 Å². The molecule has 0 fully saturated rings. The van der Waals surface area contributed by atoms with Crippen molar-refractivity contribution >= 4 is 55.5 Å². The number of benzene rings is 1. The molecule has 1 amide bonds. The summed E-state index contributed by atoms with van der Waals surface area (Å²) in [5.74, 6) is 0.652. The van der Waals surface area contributed by atoms with Gasteiger partial charge in [-0.15, -0.1) is 11.3 Å². The first-order valence-corrected chi connectivity index (χ1v) is 10.6. The molecule has 0 radical (unpaired) electrons. The van der Waals surface area contributed by atoms with Crippen molar-refractivity contribution in [2.45, 2.75) is 13.3 Å². The molecule has 0 N–H and O–H groups in total. The molecule has 27 heavy (non-hydrogen) atoms. The summed E-state index contributed by atoms with van der Waals surface area (Å²) in [6, 6.07) is 7.45. The Balaban J connectivity index is 2.00. The van der Waals surface area contributed by atoms with Gasteiger partial charge < -0.3 is 9.64 Å². The highest BCUT2D eigenvalue weighted by atomic mass is 35.5. The number of methoxy groups -OCH3 is 1. The Bertz CT molecular complexity index is 952. The maximum Gasteiger partial charge on any atom is 0.270 e. The van der Waals surface area contributed by atoms with Gasteiger partial charge >= 0.3 is 0 Å². The predicted molar refractivity (Wildman–Crippen MR) is 115 cm³/mol. The number of rotatable bonds is 7. The third-order valence-electron chi connectivity index (χ3n) is 4.16. The van der Waals surface area contributed by atoms with E-state index >= 15 is 0 Å². The minimum atomic E-state index is -0.0682. The number of fused-ring (bicyclic) bond motifs is 1. The topological polar surface area (TPSA) is 45.7 Å². The first-order chi connectivity index (χ1) is 12.9. The number of hydrogen-bond donors (Lipinski definition) is 0. The molecule has 0 saturated carbocycles. The zero-order valence-electron chi connectivity index (χ0n) is 15.8. The monoisotopic (exact) mass is 423 g/mol. The zero-order chi connectivity index (χ0) is 19.6. The predicted octanol–water partition coefficient (Wildman–Crippen LogP) is 4.93. The van der Waals surface area contributed by atoms with Gasteiger partial charge in [0.25, 0.3) is 5.91 Å². The van der Waals surface area contributed by atoms with Gasteiger partial charge in [-0.2, -0.15) is 0 Å². The van der Waals surface area contributed by atoms with Crippen LogP contribution in [0.2, 0.25) is 4.34 Å². The first kappa shape index (κ1) is 20.1. The van der Waals surface area contributed by atoms with Crippen LogP contribution in [0.5, 0.6) is 5.75 Å². The number of aryl methyl sites for hydroxylation is 1. The molecule has 0 saturated heterocycles. The van der Waals surface area contributed by atoms with E-state index < -0.39 is 0 Å². The Labute approximate surface area is 172 Å². The second kappa shape index (κ2) is 8.56. The third kappa shape index (κ3) is 4.43. The van der Waals surface area contributed by atoms with E-state index in [-0.39, 0.29) is 5.91 Å². The third-order valence-corrected chi connectivity index (χ3v) is 6.59. The molecule has 0 unspecified atom stereocenters. The van der Waals surface area contributed by atoms with E-state index in [0.29, 0.717) is 20.9 Å². The summed E-state index contributed by atoms with van der Waals surface area (Å²) in [7, 11) is 5.69. The molecule has 2 heterocycles. The summed E-state index contributed by atoms with van der Waals surface area (Å²) >= 11 is 8.85. The normalized spacial score (nSPS) is 11.3. The van der Waals surface area contributed by atoms with Crippen molar-refractivity contribution in [2.24, 2.45) is 0 Å². The SMILES string of the molecule is COc1ccc(C)c2sc(N(CCCN(C)C)C(=O)c3ccc(Cl)s3)nc12. The van der Waals surface area contributed by atoms with Gasteiger partial charge in [0.15, 0.2) is 5.13 Å².